The van der Waals surface area contributed by atoms with Crippen LogP contribution in [0.4, 0.5) is 0 Å². The van der Waals surface area contributed by atoms with Crippen molar-refractivity contribution in [3.05, 3.63) is 0 Å². The lowest BCUT2D eigenvalue weighted by molar-refractivity contribution is -0.121. The van der Waals surface area contributed by atoms with Gasteiger partial charge in [0.15, 0.2) is 0 Å². The van der Waals surface area contributed by atoms with Crippen LogP contribution < -0.4 is 5.32 Å². The summed E-state index contributed by atoms with van der Waals surface area (Å²) in [5.41, 5.74) is 0. The van der Waals surface area contributed by atoms with E-state index < -0.39 is 0 Å². The Morgan fingerprint density at radius 1 is 1.57 bits per heavy atom. The van der Waals surface area contributed by atoms with Gasteiger partial charge in [-0.3, -0.25) is 4.79 Å². The molecule has 0 aromatic heterocycles. The third kappa shape index (κ3) is 4.61. The van der Waals surface area contributed by atoms with Crippen molar-refractivity contribution in [1.29, 1.82) is 0 Å². The first kappa shape index (κ1) is 11.5. The van der Waals surface area contributed by atoms with E-state index in [0.29, 0.717) is 18.4 Å². The first-order valence-electron chi connectivity index (χ1n) is 5.57. The maximum absolute atomic E-state index is 11.3. The quantitative estimate of drug-likeness (QED) is 0.732. The Hall–Kier alpha value is -0.570. The monoisotopic (exact) mass is 199 g/mol. The summed E-state index contributed by atoms with van der Waals surface area (Å²) in [6.45, 7) is 5.85. The summed E-state index contributed by atoms with van der Waals surface area (Å²) >= 11 is 0. The third-order valence-electron chi connectivity index (χ3n) is 2.42. The number of hydrogen-bond donors (Lipinski definition) is 1. The van der Waals surface area contributed by atoms with Crippen molar-refractivity contribution in [2.45, 2.75) is 45.6 Å². The number of carbonyl (C=O) groups excluding carboxylic acids is 1. The number of carbonyl (C=O) groups is 1. The van der Waals surface area contributed by atoms with Crippen LogP contribution in [0, 0.1) is 5.92 Å². The molecule has 1 atom stereocenters. The van der Waals surface area contributed by atoms with Crippen molar-refractivity contribution >= 4 is 5.91 Å². The molecule has 14 heavy (non-hydrogen) atoms. The van der Waals surface area contributed by atoms with E-state index in [-0.39, 0.29) is 5.91 Å². The molecule has 0 bridgehead atoms. The highest BCUT2D eigenvalue weighted by molar-refractivity contribution is 5.75. The second-order valence-electron chi connectivity index (χ2n) is 4.37. The summed E-state index contributed by atoms with van der Waals surface area (Å²) in [5.74, 6) is 0.691. The lowest BCUT2D eigenvalue weighted by atomic mass is 10.1. The van der Waals surface area contributed by atoms with Crippen LogP contribution in [0.2, 0.25) is 0 Å². The lowest BCUT2D eigenvalue weighted by Gasteiger charge is -2.10. The van der Waals surface area contributed by atoms with E-state index in [0.717, 1.165) is 32.4 Å². The topological polar surface area (TPSA) is 38.3 Å². The Morgan fingerprint density at radius 3 is 2.93 bits per heavy atom. The van der Waals surface area contributed by atoms with Crippen molar-refractivity contribution in [2.24, 2.45) is 5.92 Å². The summed E-state index contributed by atoms with van der Waals surface area (Å²) in [6, 6.07) is 0. The van der Waals surface area contributed by atoms with Gasteiger partial charge < -0.3 is 10.1 Å². The minimum absolute atomic E-state index is 0.161. The Labute approximate surface area is 86.2 Å². The first-order chi connectivity index (χ1) is 6.68. The molecule has 1 unspecified atom stereocenters. The molecule has 0 radical (unpaired) electrons. The van der Waals surface area contributed by atoms with Crippen LogP contribution in [0.5, 0.6) is 0 Å². The predicted molar refractivity (Wildman–Crippen MR) is 56.1 cm³/mol. The number of ether oxygens (including phenoxy) is 1. The highest BCUT2D eigenvalue weighted by Gasteiger charge is 2.16. The molecule has 0 aliphatic carbocycles. The predicted octanol–water partition coefficient (Wildman–Crippen LogP) is 1.72. The van der Waals surface area contributed by atoms with Gasteiger partial charge in [-0.25, -0.2) is 0 Å². The summed E-state index contributed by atoms with van der Waals surface area (Å²) in [4.78, 5) is 11.3. The standard InChI is InChI=1S/C11H21NO2/c1-9(2)8-12-11(13)6-5-10-4-3-7-14-10/h9-10H,3-8H2,1-2H3,(H,12,13). The fourth-order valence-electron chi connectivity index (χ4n) is 1.57. The number of amides is 1. The summed E-state index contributed by atoms with van der Waals surface area (Å²) < 4.78 is 5.45. The normalized spacial score (nSPS) is 21.5. The highest BCUT2D eigenvalue weighted by atomic mass is 16.5. The Bertz CT molecular complexity index is 174. The summed E-state index contributed by atoms with van der Waals surface area (Å²) in [7, 11) is 0. The fourth-order valence-corrected chi connectivity index (χ4v) is 1.57. The molecule has 1 amide bonds. The van der Waals surface area contributed by atoms with Gasteiger partial charge in [0, 0.05) is 19.6 Å². The van der Waals surface area contributed by atoms with Gasteiger partial charge in [0.05, 0.1) is 6.10 Å². The molecule has 3 heteroatoms. The van der Waals surface area contributed by atoms with Gasteiger partial charge >= 0.3 is 0 Å². The molecule has 0 saturated carbocycles. The number of hydrogen-bond acceptors (Lipinski definition) is 2. The van der Waals surface area contributed by atoms with Gasteiger partial charge in [-0.05, 0) is 25.2 Å². The molecule has 0 aromatic rings. The molecule has 1 saturated heterocycles. The van der Waals surface area contributed by atoms with E-state index in [1.807, 2.05) is 0 Å². The van der Waals surface area contributed by atoms with Crippen LogP contribution in [0.3, 0.4) is 0 Å². The number of rotatable bonds is 5. The molecule has 1 aliphatic heterocycles. The molecular weight excluding hydrogens is 178 g/mol. The zero-order valence-electron chi connectivity index (χ0n) is 9.21. The molecule has 3 nitrogen and oxygen atoms in total. The molecule has 82 valence electrons. The van der Waals surface area contributed by atoms with Crippen LogP contribution in [-0.4, -0.2) is 25.2 Å². The van der Waals surface area contributed by atoms with E-state index in [4.69, 9.17) is 4.74 Å². The van der Waals surface area contributed by atoms with Crippen molar-refractivity contribution in [2.75, 3.05) is 13.2 Å². The van der Waals surface area contributed by atoms with Gasteiger partial charge in [0.2, 0.25) is 5.91 Å². The lowest BCUT2D eigenvalue weighted by Crippen LogP contribution is -2.27. The van der Waals surface area contributed by atoms with Crippen molar-refractivity contribution in [3.8, 4) is 0 Å². The van der Waals surface area contributed by atoms with Gasteiger partial charge in [0.25, 0.3) is 0 Å². The van der Waals surface area contributed by atoms with Crippen molar-refractivity contribution in [1.82, 2.24) is 5.32 Å². The average Bonchev–Trinajstić information content (AvgIpc) is 2.63. The van der Waals surface area contributed by atoms with Crippen molar-refractivity contribution < 1.29 is 9.53 Å². The Morgan fingerprint density at radius 2 is 2.36 bits per heavy atom. The van der Waals surface area contributed by atoms with E-state index in [2.05, 4.69) is 19.2 Å². The SMILES string of the molecule is CC(C)CNC(=O)CCC1CCCO1. The molecule has 1 rings (SSSR count). The van der Waals surface area contributed by atoms with Gasteiger partial charge in [-0.1, -0.05) is 13.8 Å². The smallest absolute Gasteiger partial charge is 0.220 e. The molecule has 0 aromatic carbocycles. The van der Waals surface area contributed by atoms with Gasteiger partial charge in [0.1, 0.15) is 0 Å². The average molecular weight is 199 g/mol. The minimum atomic E-state index is 0.161. The largest absolute Gasteiger partial charge is 0.378 e. The zero-order valence-corrected chi connectivity index (χ0v) is 9.21. The number of nitrogens with one attached hydrogen (secondary N) is 1. The molecule has 1 heterocycles. The Balaban J connectivity index is 2.02. The van der Waals surface area contributed by atoms with Crippen LogP contribution in [0.25, 0.3) is 0 Å². The van der Waals surface area contributed by atoms with Crippen molar-refractivity contribution in [3.63, 3.8) is 0 Å². The van der Waals surface area contributed by atoms with Gasteiger partial charge in [-0.2, -0.15) is 0 Å². The van der Waals surface area contributed by atoms with Crippen LogP contribution in [-0.2, 0) is 9.53 Å². The first-order valence-corrected chi connectivity index (χ1v) is 5.57. The second kappa shape index (κ2) is 6.02. The summed E-state index contributed by atoms with van der Waals surface area (Å²) in [5, 5.41) is 2.91. The van der Waals surface area contributed by atoms with Crippen LogP contribution in [0.15, 0.2) is 0 Å². The molecule has 0 spiro atoms. The van der Waals surface area contributed by atoms with E-state index in [9.17, 15) is 4.79 Å². The maximum Gasteiger partial charge on any atom is 0.220 e. The molecule has 1 aliphatic rings. The van der Waals surface area contributed by atoms with Crippen LogP contribution >= 0.6 is 0 Å². The maximum atomic E-state index is 11.3. The molecule has 1 N–H and O–H groups in total. The van der Waals surface area contributed by atoms with E-state index in [1.165, 1.54) is 0 Å². The van der Waals surface area contributed by atoms with Gasteiger partial charge in [-0.15, -0.1) is 0 Å². The molecule has 1 fully saturated rings. The van der Waals surface area contributed by atoms with E-state index >= 15 is 0 Å². The second-order valence-corrected chi connectivity index (χ2v) is 4.37. The minimum Gasteiger partial charge on any atom is -0.378 e. The van der Waals surface area contributed by atoms with Crippen LogP contribution in [0.1, 0.15) is 39.5 Å². The highest BCUT2D eigenvalue weighted by Crippen LogP contribution is 2.16. The summed E-state index contributed by atoms with van der Waals surface area (Å²) in [6.07, 6.45) is 4.09. The third-order valence-corrected chi connectivity index (χ3v) is 2.42. The Kier molecular flexibility index (Phi) is 4.94. The molecular formula is C11H21NO2. The fraction of sp³-hybridized carbons (Fsp3) is 0.909. The van der Waals surface area contributed by atoms with E-state index in [1.54, 1.807) is 0 Å². The zero-order chi connectivity index (χ0) is 10.4.